The number of carboxylic acids is 2. The standard InChI is InChI=1S/C22H16N4O7S2/c23-9(21(30)31)1-7-2-11(27)16-13(3-7)35-20(26-16)18-15-8(4-10(24-18)22(32)33)5-12(28)17-19(15)34-6-14(29)25-17/h2-5,9,27-28H,1,6,23H2,(H,25,29)(H,30,31)(H,32,33). The molecule has 178 valence electrons. The minimum Gasteiger partial charge on any atom is -0.506 e. The monoisotopic (exact) mass is 512 g/mol. The fourth-order valence-electron chi connectivity index (χ4n) is 3.85. The number of hydrogen-bond donors (Lipinski definition) is 6. The predicted molar refractivity (Wildman–Crippen MR) is 129 cm³/mol. The fourth-order valence-corrected chi connectivity index (χ4v) is 5.90. The number of nitrogens with zero attached hydrogens (tertiary/aromatic N) is 2. The van der Waals surface area contributed by atoms with Gasteiger partial charge in [-0.25, -0.2) is 14.8 Å². The summed E-state index contributed by atoms with van der Waals surface area (Å²) in [6, 6.07) is 4.59. The lowest BCUT2D eigenvalue weighted by Gasteiger charge is -2.20. The van der Waals surface area contributed by atoms with Crippen molar-refractivity contribution in [1.82, 2.24) is 9.97 Å². The van der Waals surface area contributed by atoms with Crippen LogP contribution in [0.2, 0.25) is 0 Å². The van der Waals surface area contributed by atoms with E-state index in [0.717, 1.165) is 11.3 Å². The molecule has 1 aliphatic rings. The van der Waals surface area contributed by atoms with E-state index in [2.05, 4.69) is 15.3 Å². The van der Waals surface area contributed by atoms with Crippen molar-refractivity contribution in [3.8, 4) is 22.2 Å². The molecule has 1 amide bonds. The molecule has 0 spiro atoms. The maximum atomic E-state index is 11.9. The van der Waals surface area contributed by atoms with Crippen molar-refractivity contribution >= 4 is 67.6 Å². The van der Waals surface area contributed by atoms with E-state index >= 15 is 0 Å². The highest BCUT2D eigenvalue weighted by atomic mass is 32.2. The SMILES string of the molecule is NC(Cc1cc(O)c2nc(-c3nc(C(=O)O)cc4cc(O)c5c(c34)SCC(=O)N5)sc2c1)C(=O)O. The third-order valence-electron chi connectivity index (χ3n) is 5.39. The molecular weight excluding hydrogens is 496 g/mol. The first-order chi connectivity index (χ1) is 16.6. The Morgan fingerprint density at radius 2 is 1.89 bits per heavy atom. The van der Waals surface area contributed by atoms with E-state index in [1.165, 1.54) is 30.0 Å². The minimum atomic E-state index is -1.28. The summed E-state index contributed by atoms with van der Waals surface area (Å²) in [6.07, 6.45) is -0.00906. The van der Waals surface area contributed by atoms with Gasteiger partial charge in [0.2, 0.25) is 5.91 Å². The zero-order valence-corrected chi connectivity index (χ0v) is 19.2. The smallest absolute Gasteiger partial charge is 0.354 e. The minimum absolute atomic E-state index is 0.00906. The predicted octanol–water partition coefficient (Wildman–Crippen LogP) is 2.62. The van der Waals surface area contributed by atoms with Crippen molar-refractivity contribution in [2.75, 3.05) is 11.1 Å². The topological polar surface area (TPSA) is 196 Å². The van der Waals surface area contributed by atoms with Crippen LogP contribution in [0, 0.1) is 0 Å². The van der Waals surface area contributed by atoms with Crippen molar-refractivity contribution in [3.63, 3.8) is 0 Å². The molecule has 3 heterocycles. The Bertz CT molecular complexity index is 1580. The second-order valence-corrected chi connectivity index (χ2v) is 9.84. The third-order valence-corrected chi connectivity index (χ3v) is 7.51. The van der Waals surface area contributed by atoms with Gasteiger partial charge in [-0.1, -0.05) is 0 Å². The molecule has 13 heteroatoms. The Labute approximate surface area is 204 Å². The van der Waals surface area contributed by atoms with Crippen LogP contribution in [0.5, 0.6) is 11.5 Å². The van der Waals surface area contributed by atoms with E-state index in [1.807, 2.05) is 0 Å². The van der Waals surface area contributed by atoms with E-state index in [9.17, 15) is 29.7 Å². The number of hydrogen-bond acceptors (Lipinski definition) is 10. The molecule has 2 aromatic heterocycles. The zero-order chi connectivity index (χ0) is 25.0. The first-order valence-corrected chi connectivity index (χ1v) is 11.9. The zero-order valence-electron chi connectivity index (χ0n) is 17.6. The number of phenols is 2. The van der Waals surface area contributed by atoms with Gasteiger partial charge in [-0.05, 0) is 41.6 Å². The second kappa shape index (κ2) is 8.37. The average molecular weight is 513 g/mol. The highest BCUT2D eigenvalue weighted by molar-refractivity contribution is 8.00. The number of rotatable bonds is 5. The number of thiazole rings is 1. The molecule has 1 unspecified atom stereocenters. The molecule has 0 aliphatic carbocycles. The molecule has 0 radical (unpaired) electrons. The van der Waals surface area contributed by atoms with Gasteiger partial charge in [0, 0.05) is 10.3 Å². The van der Waals surface area contributed by atoms with Gasteiger partial charge in [0.05, 0.1) is 16.1 Å². The van der Waals surface area contributed by atoms with Gasteiger partial charge in [-0.2, -0.15) is 0 Å². The number of aliphatic carboxylic acids is 1. The maximum Gasteiger partial charge on any atom is 0.354 e. The number of carbonyl (C=O) groups is 3. The first-order valence-electron chi connectivity index (χ1n) is 10.1. The number of pyridine rings is 1. The van der Waals surface area contributed by atoms with E-state index in [-0.39, 0.29) is 52.2 Å². The van der Waals surface area contributed by atoms with Gasteiger partial charge >= 0.3 is 11.9 Å². The van der Waals surface area contributed by atoms with Crippen molar-refractivity contribution < 1.29 is 34.8 Å². The summed E-state index contributed by atoms with van der Waals surface area (Å²) in [5.74, 6) is -3.03. The largest absolute Gasteiger partial charge is 0.506 e. The number of thioether (sulfide) groups is 1. The van der Waals surface area contributed by atoms with E-state index < -0.39 is 18.0 Å². The van der Waals surface area contributed by atoms with E-state index in [4.69, 9.17) is 10.8 Å². The summed E-state index contributed by atoms with van der Waals surface area (Å²) in [6.45, 7) is 0. The van der Waals surface area contributed by atoms with E-state index in [0.29, 0.717) is 30.9 Å². The van der Waals surface area contributed by atoms with Gasteiger partial charge in [-0.15, -0.1) is 23.1 Å². The molecule has 35 heavy (non-hydrogen) atoms. The van der Waals surface area contributed by atoms with Crippen molar-refractivity contribution in [2.45, 2.75) is 17.4 Å². The number of carboxylic acid groups (broad SMARTS) is 2. The lowest BCUT2D eigenvalue weighted by atomic mass is 10.1. The summed E-state index contributed by atoms with van der Waals surface area (Å²) in [7, 11) is 0. The number of aromatic carboxylic acids is 1. The molecule has 5 rings (SSSR count). The number of carbonyl (C=O) groups excluding carboxylic acids is 1. The highest BCUT2D eigenvalue weighted by Gasteiger charge is 2.27. The van der Waals surface area contributed by atoms with Gasteiger partial charge in [-0.3, -0.25) is 9.59 Å². The number of nitrogens with two attached hydrogens (primary N) is 1. The quantitative estimate of drug-likeness (QED) is 0.215. The highest BCUT2D eigenvalue weighted by Crippen LogP contribution is 2.47. The number of aromatic hydroxyl groups is 2. The van der Waals surface area contributed by atoms with Crippen LogP contribution in [-0.2, 0) is 16.0 Å². The number of amides is 1. The number of fused-ring (bicyclic) bond motifs is 4. The molecule has 0 bridgehead atoms. The van der Waals surface area contributed by atoms with Crippen LogP contribution in [0.15, 0.2) is 29.2 Å². The third kappa shape index (κ3) is 3.99. The second-order valence-electron chi connectivity index (χ2n) is 7.83. The van der Waals surface area contributed by atoms with E-state index in [1.54, 1.807) is 6.07 Å². The Kier molecular flexibility index (Phi) is 5.46. The molecule has 1 aliphatic heterocycles. The fraction of sp³-hybridized carbons (Fsp3) is 0.136. The lowest BCUT2D eigenvalue weighted by Crippen LogP contribution is -2.32. The Morgan fingerprint density at radius 3 is 2.60 bits per heavy atom. The summed E-state index contributed by atoms with van der Waals surface area (Å²) < 4.78 is 0.525. The molecule has 0 saturated carbocycles. The van der Waals surface area contributed by atoms with Crippen LogP contribution >= 0.6 is 23.1 Å². The molecule has 4 aromatic rings. The van der Waals surface area contributed by atoms with Crippen LogP contribution in [-0.4, -0.2) is 60.0 Å². The van der Waals surface area contributed by atoms with Crippen LogP contribution in [0.4, 0.5) is 5.69 Å². The van der Waals surface area contributed by atoms with Crippen molar-refractivity contribution in [2.24, 2.45) is 5.73 Å². The molecular formula is C22H16N4O7S2. The Balaban J connectivity index is 1.75. The van der Waals surface area contributed by atoms with Gasteiger partial charge in [0.1, 0.15) is 39.5 Å². The normalized spacial score (nSPS) is 14.0. The summed E-state index contributed by atoms with van der Waals surface area (Å²) in [4.78, 5) is 44.1. The summed E-state index contributed by atoms with van der Waals surface area (Å²) >= 11 is 2.32. The van der Waals surface area contributed by atoms with Crippen molar-refractivity contribution in [3.05, 3.63) is 35.5 Å². The number of nitrogens with one attached hydrogen (secondary N) is 1. The Morgan fingerprint density at radius 1 is 1.11 bits per heavy atom. The van der Waals surface area contributed by atoms with Crippen LogP contribution in [0.1, 0.15) is 16.1 Å². The molecule has 0 saturated heterocycles. The summed E-state index contributed by atoms with van der Waals surface area (Å²) in [5.41, 5.74) is 6.51. The van der Waals surface area contributed by atoms with Crippen LogP contribution in [0.25, 0.3) is 31.7 Å². The number of benzene rings is 2. The Hall–Kier alpha value is -3.94. The molecule has 0 fully saturated rings. The number of aromatic nitrogens is 2. The van der Waals surface area contributed by atoms with Crippen LogP contribution in [0.3, 0.4) is 0 Å². The average Bonchev–Trinajstić information content (AvgIpc) is 3.23. The van der Waals surface area contributed by atoms with Gasteiger partial charge in [0.15, 0.2) is 0 Å². The van der Waals surface area contributed by atoms with Crippen molar-refractivity contribution in [1.29, 1.82) is 0 Å². The summed E-state index contributed by atoms with van der Waals surface area (Å²) in [5, 5.41) is 43.5. The molecule has 11 nitrogen and oxygen atoms in total. The number of phenolic OH excluding ortho intramolecular Hbond substituents is 2. The maximum absolute atomic E-state index is 11.9. The van der Waals surface area contributed by atoms with Crippen LogP contribution < -0.4 is 11.1 Å². The number of anilines is 1. The first kappa shape index (κ1) is 22.8. The van der Waals surface area contributed by atoms with Gasteiger partial charge in [0.25, 0.3) is 0 Å². The molecule has 7 N–H and O–H groups in total. The molecule has 2 aromatic carbocycles. The lowest BCUT2D eigenvalue weighted by molar-refractivity contribution is -0.138. The van der Waals surface area contributed by atoms with Gasteiger partial charge < -0.3 is 31.5 Å². The molecule has 1 atom stereocenters.